The Balaban J connectivity index is 2.12. The van der Waals surface area contributed by atoms with Crippen molar-refractivity contribution in [1.82, 2.24) is 15.2 Å². The van der Waals surface area contributed by atoms with Gasteiger partial charge < -0.3 is 10.2 Å². The molecule has 0 bridgehead atoms. The summed E-state index contributed by atoms with van der Waals surface area (Å²) in [6.07, 6.45) is 4.87. The van der Waals surface area contributed by atoms with Gasteiger partial charge >= 0.3 is 0 Å². The molecule has 5 heteroatoms. The van der Waals surface area contributed by atoms with Gasteiger partial charge in [-0.25, -0.2) is 0 Å². The highest BCUT2D eigenvalue weighted by Gasteiger charge is 2.40. The summed E-state index contributed by atoms with van der Waals surface area (Å²) in [5.41, 5.74) is 1.12. The quantitative estimate of drug-likeness (QED) is 0.891. The summed E-state index contributed by atoms with van der Waals surface area (Å²) >= 11 is 0. The number of carbonyl (C=O) groups excluding carboxylic acids is 2. The Bertz CT molecular complexity index is 502. The Kier molecular flexibility index (Phi) is 4.94. The maximum absolute atomic E-state index is 12.6. The summed E-state index contributed by atoms with van der Waals surface area (Å²) in [6, 6.07) is 3.12. The molecule has 2 heterocycles. The largest absolute Gasteiger partial charge is 0.342 e. The van der Waals surface area contributed by atoms with Gasteiger partial charge in [-0.3, -0.25) is 14.6 Å². The molecule has 2 amide bonds. The molecule has 1 fully saturated rings. The molecular formula is C16H23N3O2. The lowest BCUT2D eigenvalue weighted by Crippen LogP contribution is -2.64. The molecular weight excluding hydrogens is 266 g/mol. The molecule has 0 aromatic carbocycles. The molecule has 2 unspecified atom stereocenters. The SMILES string of the molecule is CCC1C(=O)NC(C(C)C)C(=O)N1CCc1ccncc1. The molecule has 0 radical (unpaired) electrons. The maximum Gasteiger partial charge on any atom is 0.246 e. The summed E-state index contributed by atoms with van der Waals surface area (Å²) < 4.78 is 0. The fourth-order valence-corrected chi connectivity index (χ4v) is 2.71. The molecule has 2 rings (SSSR count). The fourth-order valence-electron chi connectivity index (χ4n) is 2.71. The molecule has 1 aliphatic rings. The number of nitrogens with zero attached hydrogens (tertiary/aromatic N) is 2. The monoisotopic (exact) mass is 289 g/mol. The Morgan fingerprint density at radius 3 is 2.52 bits per heavy atom. The van der Waals surface area contributed by atoms with Gasteiger partial charge in [-0.05, 0) is 36.5 Å². The van der Waals surface area contributed by atoms with E-state index < -0.39 is 6.04 Å². The van der Waals surface area contributed by atoms with E-state index in [1.165, 1.54) is 0 Å². The first-order valence-corrected chi connectivity index (χ1v) is 7.54. The van der Waals surface area contributed by atoms with E-state index in [1.807, 2.05) is 32.9 Å². The molecule has 1 aliphatic heterocycles. The summed E-state index contributed by atoms with van der Waals surface area (Å²) in [4.78, 5) is 30.5. The lowest BCUT2D eigenvalue weighted by molar-refractivity contribution is -0.150. The Morgan fingerprint density at radius 1 is 1.29 bits per heavy atom. The predicted octanol–water partition coefficient (Wildman–Crippen LogP) is 1.39. The smallest absolute Gasteiger partial charge is 0.246 e. The highest BCUT2D eigenvalue weighted by molar-refractivity contribution is 5.97. The highest BCUT2D eigenvalue weighted by Crippen LogP contribution is 2.18. The van der Waals surface area contributed by atoms with Crippen molar-refractivity contribution in [3.63, 3.8) is 0 Å². The molecule has 0 aliphatic carbocycles. The third-order valence-electron chi connectivity index (χ3n) is 3.97. The number of amides is 2. The van der Waals surface area contributed by atoms with Crippen molar-refractivity contribution in [3.8, 4) is 0 Å². The number of hydrogen-bond acceptors (Lipinski definition) is 3. The second-order valence-electron chi connectivity index (χ2n) is 5.79. The van der Waals surface area contributed by atoms with Crippen LogP contribution in [0.25, 0.3) is 0 Å². The zero-order chi connectivity index (χ0) is 15.4. The third kappa shape index (κ3) is 3.40. The maximum atomic E-state index is 12.6. The molecule has 1 aromatic rings. The van der Waals surface area contributed by atoms with Gasteiger partial charge in [-0.2, -0.15) is 0 Å². The average Bonchev–Trinajstić information content (AvgIpc) is 2.48. The minimum absolute atomic E-state index is 0.0329. The Hall–Kier alpha value is -1.91. The number of aromatic nitrogens is 1. The molecule has 2 atom stereocenters. The van der Waals surface area contributed by atoms with E-state index in [4.69, 9.17) is 0 Å². The second-order valence-corrected chi connectivity index (χ2v) is 5.79. The highest BCUT2D eigenvalue weighted by atomic mass is 16.2. The Morgan fingerprint density at radius 2 is 1.95 bits per heavy atom. The van der Waals surface area contributed by atoms with E-state index in [2.05, 4.69) is 10.3 Å². The van der Waals surface area contributed by atoms with Crippen molar-refractivity contribution >= 4 is 11.8 Å². The van der Waals surface area contributed by atoms with Gasteiger partial charge in [0, 0.05) is 18.9 Å². The molecule has 21 heavy (non-hydrogen) atoms. The molecule has 1 aromatic heterocycles. The standard InChI is InChI=1S/C16H23N3O2/c1-4-13-15(20)18-14(11(2)3)16(21)19(13)10-7-12-5-8-17-9-6-12/h5-6,8-9,11,13-14H,4,7,10H2,1-3H3,(H,18,20). The first-order valence-electron chi connectivity index (χ1n) is 7.54. The molecule has 114 valence electrons. The van der Waals surface area contributed by atoms with E-state index in [0.29, 0.717) is 13.0 Å². The fraction of sp³-hybridized carbons (Fsp3) is 0.562. The van der Waals surface area contributed by atoms with Crippen LogP contribution >= 0.6 is 0 Å². The normalized spacial score (nSPS) is 22.6. The van der Waals surface area contributed by atoms with E-state index in [1.54, 1.807) is 17.3 Å². The van der Waals surface area contributed by atoms with Crippen LogP contribution in [0, 0.1) is 5.92 Å². The number of pyridine rings is 1. The van der Waals surface area contributed by atoms with E-state index in [0.717, 1.165) is 12.0 Å². The van der Waals surface area contributed by atoms with Crippen LogP contribution in [0.15, 0.2) is 24.5 Å². The lowest BCUT2D eigenvalue weighted by Gasteiger charge is -2.40. The first kappa shape index (κ1) is 15.5. The summed E-state index contributed by atoms with van der Waals surface area (Å²) in [6.45, 7) is 6.41. The topological polar surface area (TPSA) is 62.3 Å². The van der Waals surface area contributed by atoms with Crippen molar-refractivity contribution in [1.29, 1.82) is 0 Å². The van der Waals surface area contributed by atoms with Crippen LogP contribution in [0.3, 0.4) is 0 Å². The minimum Gasteiger partial charge on any atom is -0.342 e. The number of carbonyl (C=O) groups is 2. The van der Waals surface area contributed by atoms with Crippen LogP contribution in [0.5, 0.6) is 0 Å². The van der Waals surface area contributed by atoms with Crippen LogP contribution < -0.4 is 5.32 Å². The predicted molar refractivity (Wildman–Crippen MR) is 80.5 cm³/mol. The second kappa shape index (κ2) is 6.70. The van der Waals surface area contributed by atoms with E-state index >= 15 is 0 Å². The van der Waals surface area contributed by atoms with Gasteiger partial charge in [0.25, 0.3) is 0 Å². The zero-order valence-corrected chi connectivity index (χ0v) is 12.9. The molecule has 0 spiro atoms. The van der Waals surface area contributed by atoms with Gasteiger partial charge in [-0.1, -0.05) is 20.8 Å². The number of rotatable bonds is 5. The van der Waals surface area contributed by atoms with Crippen LogP contribution in [0.1, 0.15) is 32.8 Å². The molecule has 5 nitrogen and oxygen atoms in total. The summed E-state index contributed by atoms with van der Waals surface area (Å²) in [5.74, 6) is 0.0960. The van der Waals surface area contributed by atoms with Crippen molar-refractivity contribution in [2.75, 3.05) is 6.54 Å². The van der Waals surface area contributed by atoms with Gasteiger partial charge in [0.1, 0.15) is 12.1 Å². The van der Waals surface area contributed by atoms with Crippen molar-refractivity contribution in [2.45, 2.75) is 45.7 Å². The number of hydrogen-bond donors (Lipinski definition) is 1. The molecule has 1 saturated heterocycles. The van der Waals surface area contributed by atoms with Crippen LogP contribution in [0.2, 0.25) is 0 Å². The van der Waals surface area contributed by atoms with Crippen molar-refractivity contribution in [2.24, 2.45) is 5.92 Å². The minimum atomic E-state index is -0.405. The van der Waals surface area contributed by atoms with E-state index in [-0.39, 0.29) is 23.8 Å². The van der Waals surface area contributed by atoms with Crippen LogP contribution in [0.4, 0.5) is 0 Å². The number of piperazine rings is 1. The summed E-state index contributed by atoms with van der Waals surface area (Å²) in [5, 5.41) is 2.85. The van der Waals surface area contributed by atoms with Gasteiger partial charge in [0.15, 0.2) is 0 Å². The van der Waals surface area contributed by atoms with Crippen molar-refractivity contribution < 1.29 is 9.59 Å². The zero-order valence-electron chi connectivity index (χ0n) is 12.9. The van der Waals surface area contributed by atoms with Crippen LogP contribution in [-0.4, -0.2) is 40.3 Å². The lowest BCUT2D eigenvalue weighted by atomic mass is 9.96. The van der Waals surface area contributed by atoms with Crippen LogP contribution in [-0.2, 0) is 16.0 Å². The molecule has 1 N–H and O–H groups in total. The van der Waals surface area contributed by atoms with Gasteiger partial charge in [0.05, 0.1) is 0 Å². The van der Waals surface area contributed by atoms with Crippen molar-refractivity contribution in [3.05, 3.63) is 30.1 Å². The van der Waals surface area contributed by atoms with Gasteiger partial charge in [-0.15, -0.1) is 0 Å². The first-order chi connectivity index (χ1) is 10.0. The Labute approximate surface area is 125 Å². The average molecular weight is 289 g/mol. The van der Waals surface area contributed by atoms with Gasteiger partial charge in [0.2, 0.25) is 11.8 Å². The molecule has 0 saturated carbocycles. The van der Waals surface area contributed by atoms with E-state index in [9.17, 15) is 9.59 Å². The number of nitrogens with one attached hydrogen (secondary N) is 1. The summed E-state index contributed by atoms with van der Waals surface area (Å²) in [7, 11) is 0. The third-order valence-corrected chi connectivity index (χ3v) is 3.97.